The Hall–Kier alpha value is -0.800. The molecule has 4 heteroatoms. The molecule has 1 aliphatic carbocycles. The van der Waals surface area contributed by atoms with E-state index in [1.165, 1.54) is 12.1 Å². The summed E-state index contributed by atoms with van der Waals surface area (Å²) in [5.41, 5.74) is 4.86. The summed E-state index contributed by atoms with van der Waals surface area (Å²) in [6, 6.07) is 2.55. The normalized spacial score (nSPS) is 18.7. The van der Waals surface area contributed by atoms with Gasteiger partial charge in [0.05, 0.1) is 11.3 Å². The third-order valence-electron chi connectivity index (χ3n) is 2.31. The number of hydrogen-bond acceptors (Lipinski definition) is 2. The summed E-state index contributed by atoms with van der Waals surface area (Å²) in [4.78, 5) is 0. The Morgan fingerprint density at radius 3 is 2.62 bits per heavy atom. The molecule has 0 amide bonds. The van der Waals surface area contributed by atoms with Crippen LogP contribution in [0.5, 0.6) is 0 Å². The van der Waals surface area contributed by atoms with Crippen LogP contribution < -0.4 is 5.73 Å². The first kappa shape index (κ1) is 8.78. The molecule has 0 aromatic heterocycles. The van der Waals surface area contributed by atoms with Crippen molar-refractivity contribution >= 4 is 17.3 Å². The van der Waals surface area contributed by atoms with Crippen LogP contribution in [0.25, 0.3) is 0 Å². The molecular weight excluding hydrogens is 193 g/mol. The van der Waals surface area contributed by atoms with Crippen LogP contribution >= 0.6 is 11.6 Å². The average molecular weight is 202 g/mol. The zero-order chi connectivity index (χ0) is 9.64. The van der Waals surface area contributed by atoms with Gasteiger partial charge in [-0.1, -0.05) is 11.6 Å². The van der Waals surface area contributed by atoms with Crippen molar-refractivity contribution in [2.75, 3.05) is 5.73 Å². The molecule has 0 radical (unpaired) electrons. The lowest BCUT2D eigenvalue weighted by atomic mass is 10.1. The first-order valence-corrected chi connectivity index (χ1v) is 4.38. The van der Waals surface area contributed by atoms with Crippen LogP contribution in [0.15, 0.2) is 12.1 Å². The Labute approximate surface area is 80.1 Å². The van der Waals surface area contributed by atoms with Gasteiger partial charge in [-0.3, -0.25) is 0 Å². The first-order chi connectivity index (χ1) is 6.03. The van der Waals surface area contributed by atoms with E-state index in [4.69, 9.17) is 17.3 Å². The van der Waals surface area contributed by atoms with Crippen molar-refractivity contribution in [3.8, 4) is 0 Å². The molecule has 0 aliphatic heterocycles. The fourth-order valence-electron chi connectivity index (χ4n) is 1.31. The molecule has 1 aliphatic rings. The van der Waals surface area contributed by atoms with E-state index in [9.17, 15) is 9.50 Å². The number of aliphatic hydroxyl groups is 1. The van der Waals surface area contributed by atoms with Gasteiger partial charge in [-0.2, -0.15) is 0 Å². The van der Waals surface area contributed by atoms with Crippen LogP contribution in [0.2, 0.25) is 5.02 Å². The monoisotopic (exact) mass is 201 g/mol. The lowest BCUT2D eigenvalue weighted by Gasteiger charge is -2.11. The summed E-state index contributed by atoms with van der Waals surface area (Å²) in [6.45, 7) is 0. The second-order valence-electron chi connectivity index (χ2n) is 3.39. The van der Waals surface area contributed by atoms with Gasteiger partial charge in [-0.05, 0) is 25.0 Å². The fourth-order valence-corrected chi connectivity index (χ4v) is 1.65. The van der Waals surface area contributed by atoms with E-state index in [0.29, 0.717) is 23.4 Å². The van der Waals surface area contributed by atoms with E-state index >= 15 is 0 Å². The van der Waals surface area contributed by atoms with Gasteiger partial charge in [-0.15, -0.1) is 0 Å². The molecule has 1 fully saturated rings. The Morgan fingerprint density at radius 2 is 2.08 bits per heavy atom. The summed E-state index contributed by atoms with van der Waals surface area (Å²) < 4.78 is 13.0. The maximum atomic E-state index is 13.0. The standard InChI is InChI=1S/C9H9ClFNO/c10-6-4-8(12)7(11)3-5(6)9(13)1-2-9/h3-4,13H,1-2,12H2. The van der Waals surface area contributed by atoms with Crippen molar-refractivity contribution < 1.29 is 9.50 Å². The van der Waals surface area contributed by atoms with Gasteiger partial charge in [-0.25, -0.2) is 4.39 Å². The first-order valence-electron chi connectivity index (χ1n) is 4.00. The van der Waals surface area contributed by atoms with E-state index in [-0.39, 0.29) is 5.69 Å². The molecule has 2 nitrogen and oxygen atoms in total. The predicted molar refractivity (Wildman–Crippen MR) is 49.0 cm³/mol. The third-order valence-corrected chi connectivity index (χ3v) is 2.62. The minimum absolute atomic E-state index is 0.0120. The summed E-state index contributed by atoms with van der Waals surface area (Å²) >= 11 is 5.82. The Bertz CT molecular complexity index is 363. The van der Waals surface area contributed by atoms with Crippen LogP contribution in [0.4, 0.5) is 10.1 Å². The number of nitrogens with two attached hydrogens (primary N) is 1. The molecule has 1 saturated carbocycles. The number of nitrogen functional groups attached to an aromatic ring is 1. The van der Waals surface area contributed by atoms with Gasteiger partial charge in [0.2, 0.25) is 0 Å². The summed E-state index contributed by atoms with van der Waals surface area (Å²) in [6.07, 6.45) is 1.27. The van der Waals surface area contributed by atoms with Crippen molar-refractivity contribution in [2.45, 2.75) is 18.4 Å². The topological polar surface area (TPSA) is 46.2 Å². The number of anilines is 1. The van der Waals surface area contributed by atoms with E-state index in [1.807, 2.05) is 0 Å². The minimum atomic E-state index is -0.911. The Balaban J connectivity index is 2.52. The molecule has 0 bridgehead atoms. The summed E-state index contributed by atoms with van der Waals surface area (Å²) in [5.74, 6) is -0.528. The Morgan fingerprint density at radius 1 is 1.46 bits per heavy atom. The zero-order valence-electron chi connectivity index (χ0n) is 6.85. The van der Waals surface area contributed by atoms with Gasteiger partial charge in [0.25, 0.3) is 0 Å². The van der Waals surface area contributed by atoms with E-state index in [2.05, 4.69) is 0 Å². The van der Waals surface area contributed by atoms with Crippen LogP contribution in [0.3, 0.4) is 0 Å². The zero-order valence-corrected chi connectivity index (χ0v) is 7.61. The minimum Gasteiger partial charge on any atom is -0.396 e. The molecule has 1 aromatic carbocycles. The molecular formula is C9H9ClFNO. The lowest BCUT2D eigenvalue weighted by molar-refractivity contribution is 0.151. The van der Waals surface area contributed by atoms with Gasteiger partial charge in [0.15, 0.2) is 0 Å². The van der Waals surface area contributed by atoms with Crippen molar-refractivity contribution in [2.24, 2.45) is 0 Å². The molecule has 13 heavy (non-hydrogen) atoms. The smallest absolute Gasteiger partial charge is 0.146 e. The molecule has 70 valence electrons. The number of benzene rings is 1. The highest BCUT2D eigenvalue weighted by atomic mass is 35.5. The molecule has 0 atom stereocenters. The highest BCUT2D eigenvalue weighted by Crippen LogP contribution is 2.48. The second-order valence-corrected chi connectivity index (χ2v) is 3.79. The third kappa shape index (κ3) is 1.38. The highest BCUT2D eigenvalue weighted by molar-refractivity contribution is 6.31. The van der Waals surface area contributed by atoms with Gasteiger partial charge in [0.1, 0.15) is 5.82 Å². The summed E-state index contributed by atoms with van der Waals surface area (Å²) in [5, 5.41) is 10.0. The van der Waals surface area contributed by atoms with E-state index < -0.39 is 11.4 Å². The Kier molecular flexibility index (Phi) is 1.75. The molecule has 0 spiro atoms. The maximum absolute atomic E-state index is 13.0. The van der Waals surface area contributed by atoms with Crippen LogP contribution in [0, 0.1) is 5.82 Å². The van der Waals surface area contributed by atoms with Gasteiger partial charge >= 0.3 is 0 Å². The summed E-state index contributed by atoms with van der Waals surface area (Å²) in [7, 11) is 0. The molecule has 1 aromatic rings. The largest absolute Gasteiger partial charge is 0.396 e. The molecule has 0 unspecified atom stereocenters. The average Bonchev–Trinajstić information content (AvgIpc) is 2.77. The lowest BCUT2D eigenvalue weighted by Crippen LogP contribution is -2.06. The fraction of sp³-hybridized carbons (Fsp3) is 0.333. The van der Waals surface area contributed by atoms with Gasteiger partial charge in [0, 0.05) is 10.6 Å². The van der Waals surface area contributed by atoms with Crippen molar-refractivity contribution in [3.63, 3.8) is 0 Å². The number of halogens is 2. The van der Waals surface area contributed by atoms with Crippen LogP contribution in [-0.4, -0.2) is 5.11 Å². The van der Waals surface area contributed by atoms with E-state index in [0.717, 1.165) is 0 Å². The van der Waals surface area contributed by atoms with Gasteiger partial charge < -0.3 is 10.8 Å². The van der Waals surface area contributed by atoms with Crippen molar-refractivity contribution in [1.29, 1.82) is 0 Å². The number of hydrogen-bond donors (Lipinski definition) is 2. The highest BCUT2D eigenvalue weighted by Gasteiger charge is 2.43. The maximum Gasteiger partial charge on any atom is 0.146 e. The van der Waals surface area contributed by atoms with E-state index in [1.54, 1.807) is 0 Å². The van der Waals surface area contributed by atoms with Crippen LogP contribution in [0.1, 0.15) is 18.4 Å². The van der Waals surface area contributed by atoms with Crippen LogP contribution in [-0.2, 0) is 5.60 Å². The van der Waals surface area contributed by atoms with Crippen molar-refractivity contribution in [3.05, 3.63) is 28.5 Å². The van der Waals surface area contributed by atoms with Crippen molar-refractivity contribution in [1.82, 2.24) is 0 Å². The molecule has 2 rings (SSSR count). The predicted octanol–water partition coefficient (Wildman–Crippen LogP) is 2.04. The molecule has 0 heterocycles. The quantitative estimate of drug-likeness (QED) is 0.683. The molecule has 0 saturated heterocycles. The molecule has 3 N–H and O–H groups in total. The SMILES string of the molecule is Nc1cc(Cl)c(C2(O)CC2)cc1F. The second kappa shape index (κ2) is 2.59. The number of rotatable bonds is 1.